The van der Waals surface area contributed by atoms with Crippen molar-refractivity contribution in [2.75, 3.05) is 33.3 Å². The fraction of sp³-hybridized carbons (Fsp3) is 0.317. The number of likely N-dealkylation sites (tertiary alicyclic amines) is 1. The Morgan fingerprint density at radius 1 is 1.04 bits per heavy atom. The quantitative estimate of drug-likeness (QED) is 0.0941. The first kappa shape index (κ1) is 23.3. The van der Waals surface area contributed by atoms with Crippen molar-refractivity contribution in [1.29, 1.82) is 0 Å². The Labute approximate surface area is 330 Å². The van der Waals surface area contributed by atoms with Gasteiger partial charge in [-0.25, -0.2) is 8.78 Å². The molecule has 12 heteroatoms. The number of piperidine rings is 1. The van der Waals surface area contributed by atoms with Gasteiger partial charge in [-0.1, -0.05) is 60.1 Å². The number of hydrogen-bond donors (Lipinski definition) is 0. The van der Waals surface area contributed by atoms with E-state index in [1.807, 2.05) is 0 Å². The SMILES string of the molecule is [2H]c1c(C)c([2H])c2c(=O)c([2H])c(SCc3cccc(F)c3F)n(CC(=O)N(C([2H])([2H])c3ccc(-c4ccc(C(F)(F)F)cc4)cc3)C3([2H])C([2H])([2H])C([2H])([2H])N(CCOC)C([2H])([2H])C3([2H])[2H])c2c1[2H]. The first-order valence-corrected chi connectivity index (χ1v) is 16.8. The highest BCUT2D eigenvalue weighted by Crippen LogP contribution is 2.32. The number of hydrogen-bond acceptors (Lipinski definition) is 5. The van der Waals surface area contributed by atoms with Crippen LogP contribution in [0.15, 0.2) is 101 Å². The van der Waals surface area contributed by atoms with E-state index < -0.39 is 144 Å². The summed E-state index contributed by atoms with van der Waals surface area (Å²) in [5.41, 5.74) is -3.87. The molecule has 0 saturated carbocycles. The predicted octanol–water partition coefficient (Wildman–Crippen LogP) is 8.71. The summed E-state index contributed by atoms with van der Waals surface area (Å²) >= 11 is 0.407. The first-order chi connectivity index (χ1) is 31.3. The zero-order valence-corrected chi connectivity index (χ0v) is 28.9. The minimum absolute atomic E-state index is 0.0928. The van der Waals surface area contributed by atoms with E-state index in [1.54, 1.807) is 0 Å². The molecule has 1 aliphatic heterocycles. The second-order valence-electron chi connectivity index (χ2n) is 11.5. The highest BCUT2D eigenvalue weighted by molar-refractivity contribution is 7.98. The van der Waals surface area contributed by atoms with Gasteiger partial charge in [0.05, 0.1) is 32.3 Å². The molecule has 1 saturated heterocycles. The smallest absolute Gasteiger partial charge is 0.383 e. The summed E-state index contributed by atoms with van der Waals surface area (Å²) in [7, 11) is 1.13. The Hall–Kier alpha value is -4.52. The molecule has 0 atom stereocenters. The number of ether oxygens (including phenoxy) is 1. The van der Waals surface area contributed by atoms with E-state index in [2.05, 4.69) is 0 Å². The molecular weight excluding hydrogens is 710 g/mol. The molecule has 53 heavy (non-hydrogen) atoms. The van der Waals surface area contributed by atoms with E-state index in [0.717, 1.165) is 73.8 Å². The van der Waals surface area contributed by atoms with Crippen LogP contribution in [0.3, 0.4) is 0 Å². The van der Waals surface area contributed by atoms with Crippen LogP contribution in [0.5, 0.6) is 0 Å². The molecule has 6 nitrogen and oxygen atoms in total. The molecule has 5 aromatic rings. The molecule has 1 aromatic heterocycles. The molecule has 4 aromatic carbocycles. The Morgan fingerprint density at radius 3 is 2.38 bits per heavy atom. The zero-order chi connectivity index (χ0) is 51.1. The van der Waals surface area contributed by atoms with E-state index in [9.17, 15) is 36.3 Å². The van der Waals surface area contributed by atoms with E-state index in [-0.39, 0.29) is 32.1 Å². The number of thioether (sulfide) groups is 1. The summed E-state index contributed by atoms with van der Waals surface area (Å²) in [6.07, 6.45) is -13.0. The largest absolute Gasteiger partial charge is 0.416 e. The van der Waals surface area contributed by atoms with E-state index >= 15 is 4.79 Å². The fourth-order valence-corrected chi connectivity index (χ4v) is 6.12. The lowest BCUT2D eigenvalue weighted by molar-refractivity contribution is -0.137. The van der Waals surface area contributed by atoms with Gasteiger partial charge in [-0.05, 0) is 66.6 Å². The molecule has 0 unspecified atom stereocenters. The Kier molecular flexibility index (Phi) is 7.32. The van der Waals surface area contributed by atoms with Crippen LogP contribution in [-0.2, 0) is 34.5 Å². The number of methoxy groups -OCH3 is 1. The number of halogens is 5. The summed E-state index contributed by atoms with van der Waals surface area (Å²) < 4.78 is 212. The fourth-order valence-electron chi connectivity index (χ4n) is 5.13. The number of rotatable bonds is 12. The molecule has 2 heterocycles. The third-order valence-electron chi connectivity index (χ3n) is 7.85. The summed E-state index contributed by atoms with van der Waals surface area (Å²) in [5.74, 6) is -5.12. The summed E-state index contributed by atoms with van der Waals surface area (Å²) in [5, 5.41) is -1.37. The number of carbonyl (C=O) groups is 1. The molecule has 278 valence electrons. The minimum atomic E-state index is -4.68. The van der Waals surface area contributed by atoms with Crippen molar-refractivity contribution >= 4 is 28.6 Å². The predicted molar refractivity (Wildman–Crippen MR) is 198 cm³/mol. The van der Waals surface area contributed by atoms with E-state index in [1.165, 1.54) is 6.92 Å². The van der Waals surface area contributed by atoms with Gasteiger partial charge < -0.3 is 19.1 Å². The molecule has 1 aliphatic rings. The number of aromatic nitrogens is 1. The van der Waals surface area contributed by atoms with Crippen molar-refractivity contribution in [1.82, 2.24) is 14.4 Å². The van der Waals surface area contributed by atoms with Crippen molar-refractivity contribution in [2.45, 2.75) is 55.7 Å². The number of benzene rings is 4. The highest BCUT2D eigenvalue weighted by Gasteiger charge is 2.31. The molecule has 0 spiro atoms. The van der Waals surface area contributed by atoms with Gasteiger partial charge >= 0.3 is 6.18 Å². The number of pyridine rings is 1. The van der Waals surface area contributed by atoms with Crippen LogP contribution >= 0.6 is 11.8 Å². The average Bonchev–Trinajstić information content (AvgIpc) is 3.26. The normalized spacial score (nSPS) is 23.0. The lowest BCUT2D eigenvalue weighted by Crippen LogP contribution is -2.48. The second-order valence-corrected chi connectivity index (χ2v) is 12.5. The lowest BCUT2D eigenvalue weighted by Gasteiger charge is -2.39. The van der Waals surface area contributed by atoms with Crippen molar-refractivity contribution in [3.8, 4) is 11.1 Å². The lowest BCUT2D eigenvalue weighted by atomic mass is 10.00. The Balaban J connectivity index is 1.64. The van der Waals surface area contributed by atoms with Gasteiger partial charge in [-0.3, -0.25) is 9.59 Å². The van der Waals surface area contributed by atoms with Gasteiger partial charge in [0.1, 0.15) is 6.54 Å². The monoisotopic (exact) mass is 764 g/mol. The van der Waals surface area contributed by atoms with Crippen LogP contribution in [0, 0.1) is 18.6 Å². The number of carbonyl (C=O) groups excluding carboxylic acids is 1. The van der Waals surface area contributed by atoms with Gasteiger partial charge in [0.2, 0.25) is 5.91 Å². The van der Waals surface area contributed by atoms with Gasteiger partial charge in [0.25, 0.3) is 0 Å². The minimum Gasteiger partial charge on any atom is -0.383 e. The number of amides is 1. The molecule has 0 radical (unpaired) electrons. The van der Waals surface area contributed by atoms with Crippen LogP contribution in [0.25, 0.3) is 22.0 Å². The molecule has 1 fully saturated rings. The maximum absolute atomic E-state index is 15.4. The summed E-state index contributed by atoms with van der Waals surface area (Å²) in [6, 6.07) is 3.49. The molecule has 0 N–H and O–H groups in total. The first-order valence-electron chi connectivity index (χ1n) is 23.3. The maximum Gasteiger partial charge on any atom is 0.416 e. The number of fused-ring (bicyclic) bond motifs is 1. The number of alkyl halides is 3. The maximum atomic E-state index is 15.4. The van der Waals surface area contributed by atoms with Crippen LogP contribution in [-0.4, -0.2) is 59.5 Å². The van der Waals surface area contributed by atoms with Gasteiger partial charge in [0, 0.05) is 72.9 Å². The summed E-state index contributed by atoms with van der Waals surface area (Å²) in [4.78, 5) is 29.1. The Bertz CT molecular complexity index is 2820. The molecule has 6 rings (SSSR count). The third-order valence-corrected chi connectivity index (χ3v) is 8.90. The highest BCUT2D eigenvalue weighted by atomic mass is 32.2. The van der Waals surface area contributed by atoms with Gasteiger partial charge in [0.15, 0.2) is 17.1 Å². The molecule has 0 bridgehead atoms. The number of nitrogens with zero attached hydrogens (tertiary/aromatic N) is 3. The topological polar surface area (TPSA) is 54.8 Å². The van der Waals surface area contributed by atoms with E-state index in [4.69, 9.17) is 15.7 Å². The van der Waals surface area contributed by atoms with Crippen LogP contribution in [0.2, 0.25) is 0 Å². The second kappa shape index (κ2) is 16.7. The molecule has 1 amide bonds. The van der Waals surface area contributed by atoms with Gasteiger partial charge in [-0.2, -0.15) is 13.2 Å². The van der Waals surface area contributed by atoms with Crippen LogP contribution < -0.4 is 5.43 Å². The van der Waals surface area contributed by atoms with Crippen molar-refractivity contribution in [3.05, 3.63) is 135 Å². The van der Waals surface area contributed by atoms with Crippen molar-refractivity contribution in [2.24, 2.45) is 0 Å². The Morgan fingerprint density at radius 2 is 1.72 bits per heavy atom. The zero-order valence-electron chi connectivity index (χ0n) is 43.0. The third kappa shape index (κ3) is 9.17. The van der Waals surface area contributed by atoms with Gasteiger partial charge in [-0.15, -0.1) is 11.8 Å². The van der Waals surface area contributed by atoms with Crippen LogP contribution in [0.4, 0.5) is 22.0 Å². The summed E-state index contributed by atoms with van der Waals surface area (Å²) in [6.45, 7) is -13.0. The van der Waals surface area contributed by atoms with Crippen molar-refractivity contribution < 1.29 is 52.0 Å². The van der Waals surface area contributed by atoms with Crippen LogP contribution in [0.1, 0.15) is 55.6 Å². The molecule has 0 aliphatic carbocycles. The van der Waals surface area contributed by atoms with Crippen molar-refractivity contribution in [3.63, 3.8) is 0 Å². The standard InChI is InChI=1S/C41H40F5N3O3S/c1-27-6-15-36-34(22-27)37(50)23-39(53-26-31-4-3-5-35(42)40(31)43)49(36)25-38(51)48(33-16-18-47(19-17-33)20-21-52-2)24-28-7-9-29(10-8-28)30-11-13-32(14-12-30)41(44,45)46/h3-15,22-23,33H,16-21,24-26H2,1-2H3/i6D,15D,16D2,17D2,18D2,19D2,22D,23D,24D2,33D. The molecular formula is C41H40F5N3O3S. The average molecular weight is 765 g/mol. The van der Waals surface area contributed by atoms with E-state index in [0.29, 0.717) is 16.3 Å².